The zero-order valence-corrected chi connectivity index (χ0v) is 17.5. The number of nitrogens with zero attached hydrogens (tertiary/aromatic N) is 3. The van der Waals surface area contributed by atoms with Crippen LogP contribution < -0.4 is 11.2 Å². The van der Waals surface area contributed by atoms with Gasteiger partial charge < -0.3 is 4.74 Å². The average Bonchev–Trinajstić information content (AvgIpc) is 2.84. The van der Waals surface area contributed by atoms with Gasteiger partial charge in [-0.15, -0.1) is 0 Å². The quantitative estimate of drug-likeness (QED) is 0.425. The van der Waals surface area contributed by atoms with Gasteiger partial charge in [0.1, 0.15) is 0 Å². The highest BCUT2D eigenvalue weighted by molar-refractivity contribution is 5.88. The molecule has 7 nitrogen and oxygen atoms in total. The van der Waals surface area contributed by atoms with Crippen LogP contribution in [0.5, 0.6) is 0 Å². The first-order valence-corrected chi connectivity index (χ1v) is 10.3. The van der Waals surface area contributed by atoms with Crippen LogP contribution >= 0.6 is 0 Å². The van der Waals surface area contributed by atoms with Gasteiger partial charge in [0.15, 0.2) is 5.82 Å². The second-order valence-electron chi connectivity index (χ2n) is 7.62. The lowest BCUT2D eigenvalue weighted by Crippen LogP contribution is -2.27. The first-order valence-electron chi connectivity index (χ1n) is 10.3. The Hall–Kier alpha value is -4.54. The molecule has 7 heteroatoms. The van der Waals surface area contributed by atoms with Gasteiger partial charge in [-0.25, -0.2) is 4.79 Å². The lowest BCUT2D eigenvalue weighted by Gasteiger charge is -2.18. The number of ether oxygens (including phenoxy) is 1. The van der Waals surface area contributed by atoms with Crippen molar-refractivity contribution in [3.63, 3.8) is 0 Å². The molecule has 33 heavy (non-hydrogen) atoms. The Morgan fingerprint density at radius 2 is 1.64 bits per heavy atom. The number of aromatic nitrogens is 3. The summed E-state index contributed by atoms with van der Waals surface area (Å²) < 4.78 is 7.54. The highest BCUT2D eigenvalue weighted by Crippen LogP contribution is 2.28. The number of benzene rings is 3. The molecule has 2 aliphatic rings. The first-order chi connectivity index (χ1) is 16.1. The molecule has 2 heterocycles. The second kappa shape index (κ2) is 8.54. The van der Waals surface area contributed by atoms with Crippen LogP contribution in [0.4, 0.5) is 0 Å². The Kier molecular flexibility index (Phi) is 5.27. The van der Waals surface area contributed by atoms with Crippen LogP contribution in [-0.4, -0.2) is 14.5 Å². The standard InChI is InChI=1S/C26H18N4O3/c27-14-19-6-9-20-13-22-24(28-26(32)29-25(22)31)30(23(20)12-19)21-10-7-18(8-11-21)16-33-15-17-4-2-1-3-5-17/h1-13H,15-16H2,(H,29,31,32). The van der Waals surface area contributed by atoms with Gasteiger partial charge in [0.05, 0.1) is 35.9 Å². The van der Waals surface area contributed by atoms with Gasteiger partial charge in [-0.3, -0.25) is 14.3 Å². The van der Waals surface area contributed by atoms with Crippen molar-refractivity contribution in [2.45, 2.75) is 13.2 Å². The number of aromatic amines is 1. The predicted molar refractivity (Wildman–Crippen MR) is 124 cm³/mol. The summed E-state index contributed by atoms with van der Waals surface area (Å²) in [7, 11) is 0. The van der Waals surface area contributed by atoms with Gasteiger partial charge >= 0.3 is 5.69 Å². The van der Waals surface area contributed by atoms with Crippen molar-refractivity contribution >= 4 is 10.9 Å². The Morgan fingerprint density at radius 1 is 0.909 bits per heavy atom. The molecule has 0 radical (unpaired) electrons. The molecule has 5 rings (SSSR count). The number of rotatable bonds is 5. The van der Waals surface area contributed by atoms with E-state index in [0.717, 1.165) is 16.5 Å². The minimum Gasteiger partial charge on any atom is -0.372 e. The third-order valence-electron chi connectivity index (χ3n) is 5.40. The highest BCUT2D eigenvalue weighted by Gasteiger charge is 2.18. The van der Waals surface area contributed by atoms with Crippen molar-refractivity contribution in [2.24, 2.45) is 0 Å². The smallest absolute Gasteiger partial charge is 0.349 e. The molecule has 0 saturated carbocycles. The van der Waals surface area contributed by atoms with E-state index < -0.39 is 11.2 Å². The maximum absolute atomic E-state index is 12.5. The number of hydrogen-bond acceptors (Lipinski definition) is 5. The van der Waals surface area contributed by atoms with Gasteiger partial charge in [0.25, 0.3) is 5.56 Å². The van der Waals surface area contributed by atoms with Crippen molar-refractivity contribution in [3.8, 4) is 23.1 Å². The normalized spacial score (nSPS) is 11.0. The third-order valence-corrected chi connectivity index (χ3v) is 5.40. The van der Waals surface area contributed by atoms with Crippen LogP contribution in [0.3, 0.4) is 0 Å². The molecular weight excluding hydrogens is 416 g/mol. The average molecular weight is 434 g/mol. The van der Waals surface area contributed by atoms with Crippen molar-refractivity contribution in [3.05, 3.63) is 116 Å². The van der Waals surface area contributed by atoms with Crippen LogP contribution in [0.1, 0.15) is 16.7 Å². The molecule has 160 valence electrons. The third kappa shape index (κ3) is 4.03. The second-order valence-corrected chi connectivity index (χ2v) is 7.62. The van der Waals surface area contributed by atoms with E-state index in [4.69, 9.17) is 4.74 Å². The van der Waals surface area contributed by atoms with Gasteiger partial charge in [0, 0.05) is 5.69 Å². The molecule has 1 N–H and O–H groups in total. The van der Waals surface area contributed by atoms with E-state index >= 15 is 0 Å². The zero-order valence-electron chi connectivity index (χ0n) is 17.5. The van der Waals surface area contributed by atoms with E-state index in [2.05, 4.69) is 16.0 Å². The molecule has 0 amide bonds. The topological polar surface area (TPSA) is 101 Å². The van der Waals surface area contributed by atoms with E-state index in [-0.39, 0.29) is 5.82 Å². The Morgan fingerprint density at radius 3 is 2.36 bits per heavy atom. The lowest BCUT2D eigenvalue weighted by atomic mass is 10.1. The molecule has 0 bridgehead atoms. The fourth-order valence-corrected chi connectivity index (χ4v) is 3.81. The number of fused-ring (bicyclic) bond motifs is 2. The molecule has 0 spiro atoms. The van der Waals surface area contributed by atoms with Crippen LogP contribution in [0.15, 0.2) is 88.5 Å². The molecule has 2 aliphatic heterocycles. The summed E-state index contributed by atoms with van der Waals surface area (Å²) >= 11 is 0. The molecular formula is C26H18N4O3. The summed E-state index contributed by atoms with van der Waals surface area (Å²) in [5, 5.41) is 10.1. The molecule has 0 aliphatic carbocycles. The molecule has 0 unspecified atom stereocenters. The van der Waals surface area contributed by atoms with Crippen molar-refractivity contribution in [2.75, 3.05) is 0 Å². The number of H-pyrrole nitrogens is 1. The van der Waals surface area contributed by atoms with Gasteiger partial charge in [-0.1, -0.05) is 48.5 Å². The highest BCUT2D eigenvalue weighted by atomic mass is 16.5. The van der Waals surface area contributed by atoms with Crippen molar-refractivity contribution < 1.29 is 4.74 Å². The largest absolute Gasteiger partial charge is 0.372 e. The van der Waals surface area contributed by atoms with Gasteiger partial charge in [0.2, 0.25) is 0 Å². The Bertz CT molecular complexity index is 1580. The van der Waals surface area contributed by atoms with Gasteiger partial charge in [-0.2, -0.15) is 10.2 Å². The van der Waals surface area contributed by atoms with Crippen LogP contribution in [0, 0.1) is 11.3 Å². The number of pyridine rings is 1. The maximum atomic E-state index is 12.5. The van der Waals surface area contributed by atoms with E-state index in [0.29, 0.717) is 35.5 Å². The maximum Gasteiger partial charge on any atom is 0.349 e. The molecule has 3 aromatic rings. The summed E-state index contributed by atoms with van der Waals surface area (Å²) in [6, 6.07) is 26.6. The first kappa shape index (κ1) is 20.4. The number of nitriles is 1. The predicted octanol–water partition coefficient (Wildman–Crippen LogP) is 3.77. The zero-order chi connectivity index (χ0) is 22.8. The van der Waals surface area contributed by atoms with Crippen molar-refractivity contribution in [1.29, 1.82) is 5.26 Å². The summed E-state index contributed by atoms with van der Waals surface area (Å²) in [6.07, 6.45) is 0. The molecule has 3 aromatic carbocycles. The monoisotopic (exact) mass is 434 g/mol. The molecule has 0 saturated heterocycles. The SMILES string of the molecule is N#Cc1ccc2cc3c(=O)[nH]c(=O)nc-3n(-c3ccc(COCc4ccccc4)cc3)c2c1. The van der Waals surface area contributed by atoms with Crippen LogP contribution in [0.25, 0.3) is 28.0 Å². The van der Waals surface area contributed by atoms with E-state index in [1.807, 2.05) is 54.6 Å². The minimum absolute atomic E-state index is 0.236. The minimum atomic E-state index is -0.719. The number of nitrogens with one attached hydrogen (secondary N) is 1. The lowest BCUT2D eigenvalue weighted by molar-refractivity contribution is 0.107. The Balaban J connectivity index is 1.55. The molecule has 0 fully saturated rings. The Labute approximate surface area is 188 Å². The van der Waals surface area contributed by atoms with Crippen molar-refractivity contribution in [1.82, 2.24) is 14.5 Å². The molecule has 0 aromatic heterocycles. The van der Waals surface area contributed by atoms with Gasteiger partial charge in [-0.05, 0) is 46.8 Å². The molecule has 0 atom stereocenters. The van der Waals surface area contributed by atoms with E-state index in [1.54, 1.807) is 28.8 Å². The summed E-state index contributed by atoms with van der Waals surface area (Å²) in [5.74, 6) is 0.236. The summed E-state index contributed by atoms with van der Waals surface area (Å²) in [6.45, 7) is 0.957. The number of hydrogen-bond donors (Lipinski definition) is 1. The van der Waals surface area contributed by atoms with Crippen LogP contribution in [-0.2, 0) is 18.0 Å². The summed E-state index contributed by atoms with van der Waals surface area (Å²) in [4.78, 5) is 30.7. The van der Waals surface area contributed by atoms with E-state index in [9.17, 15) is 14.9 Å². The van der Waals surface area contributed by atoms with E-state index in [1.165, 1.54) is 0 Å². The fourth-order valence-electron chi connectivity index (χ4n) is 3.81. The van der Waals surface area contributed by atoms with Crippen LogP contribution in [0.2, 0.25) is 0 Å². The summed E-state index contributed by atoms with van der Waals surface area (Å²) in [5.41, 5.74) is 3.00. The fraction of sp³-hybridized carbons (Fsp3) is 0.0769.